The molecule has 0 radical (unpaired) electrons. The van der Waals surface area contributed by atoms with E-state index in [1.165, 1.54) is 78.0 Å². The summed E-state index contributed by atoms with van der Waals surface area (Å²) in [6, 6.07) is 65.0. The molecule has 1 aliphatic heterocycles. The molecule has 8 aromatic carbocycles. The normalized spacial score (nSPS) is 15.2. The molecule has 0 N–H and O–H groups in total. The van der Waals surface area contributed by atoms with Crippen LogP contribution in [-0.4, -0.2) is 0 Å². The fourth-order valence-electron chi connectivity index (χ4n) is 10.7. The highest BCUT2D eigenvalue weighted by molar-refractivity contribution is 9.10. The standard InChI is InChI=1S/C50H29BrClN/c51-43-26-12-25-41-47(43)53(30-14-2-1-3-15-30)48-42(50(41)37-22-10-6-18-33(37)34-19-7-11-23-38(34)50)29-28-40-46(48)45-39(24-13-27-44(45)52)49(40)35-20-8-4-16-31(35)32-17-5-9-21-36(32)49/h1-29H. The molecule has 12 rings (SSSR count). The number of nitrogens with zero attached hydrogens (tertiary/aromatic N) is 1. The Morgan fingerprint density at radius 2 is 0.774 bits per heavy atom. The third kappa shape index (κ3) is 3.41. The highest BCUT2D eigenvalue weighted by Crippen LogP contribution is 2.71. The summed E-state index contributed by atoms with van der Waals surface area (Å²) in [4.78, 5) is 2.52. The largest absolute Gasteiger partial charge is 0.308 e. The summed E-state index contributed by atoms with van der Waals surface area (Å²) in [5.41, 5.74) is 20.0. The minimum absolute atomic E-state index is 0.535. The highest BCUT2D eigenvalue weighted by Gasteiger charge is 2.57. The number of rotatable bonds is 1. The summed E-state index contributed by atoms with van der Waals surface area (Å²) in [5.74, 6) is 0. The molecule has 8 aromatic rings. The number of anilines is 3. The van der Waals surface area contributed by atoms with Crippen molar-refractivity contribution in [2.24, 2.45) is 0 Å². The summed E-state index contributed by atoms with van der Waals surface area (Å²) < 4.78 is 1.05. The first-order valence-electron chi connectivity index (χ1n) is 18.2. The topological polar surface area (TPSA) is 3.24 Å². The SMILES string of the molecule is Clc1cccc2c1-c1c(ccc3c1N(c1ccccc1)c1c(Br)cccc1C31c3ccccc3-c3ccccc31)C21c2ccccc2-c2ccccc21. The van der Waals surface area contributed by atoms with Gasteiger partial charge in [-0.25, -0.2) is 0 Å². The maximum Gasteiger partial charge on any atom is 0.0754 e. The van der Waals surface area contributed by atoms with E-state index in [0.29, 0.717) is 0 Å². The zero-order chi connectivity index (χ0) is 35.1. The fourth-order valence-corrected chi connectivity index (χ4v) is 11.5. The lowest BCUT2D eigenvalue weighted by atomic mass is 9.63. The van der Waals surface area contributed by atoms with E-state index in [0.717, 1.165) is 26.4 Å². The van der Waals surface area contributed by atoms with Crippen LogP contribution in [0.1, 0.15) is 44.5 Å². The molecule has 0 saturated carbocycles. The lowest BCUT2D eigenvalue weighted by Crippen LogP contribution is -2.37. The molecule has 0 fully saturated rings. The molecule has 2 spiro atoms. The smallest absolute Gasteiger partial charge is 0.0754 e. The first-order valence-corrected chi connectivity index (χ1v) is 19.3. The number of fused-ring (bicyclic) bond motifs is 20. The Labute approximate surface area is 321 Å². The van der Waals surface area contributed by atoms with E-state index in [-0.39, 0.29) is 0 Å². The second-order valence-corrected chi connectivity index (χ2v) is 15.8. The zero-order valence-electron chi connectivity index (χ0n) is 28.4. The molecule has 0 atom stereocenters. The number of para-hydroxylation sites is 2. The Balaban J connectivity index is 1.33. The third-order valence-corrected chi connectivity index (χ3v) is 13.4. The molecule has 3 heteroatoms. The number of hydrogen-bond donors (Lipinski definition) is 0. The van der Waals surface area contributed by atoms with E-state index < -0.39 is 10.8 Å². The van der Waals surface area contributed by atoms with Crippen molar-refractivity contribution in [2.45, 2.75) is 10.8 Å². The van der Waals surface area contributed by atoms with Gasteiger partial charge in [0.25, 0.3) is 0 Å². The van der Waals surface area contributed by atoms with Gasteiger partial charge in [-0.1, -0.05) is 163 Å². The maximum absolute atomic E-state index is 7.57. The van der Waals surface area contributed by atoms with Crippen LogP contribution in [0.15, 0.2) is 180 Å². The molecule has 0 aromatic heterocycles. The molecule has 1 nitrogen and oxygen atoms in total. The molecule has 0 bridgehead atoms. The van der Waals surface area contributed by atoms with Gasteiger partial charge in [-0.15, -0.1) is 0 Å². The molecule has 4 aliphatic rings. The molecule has 3 aliphatic carbocycles. The van der Waals surface area contributed by atoms with E-state index >= 15 is 0 Å². The second-order valence-electron chi connectivity index (χ2n) is 14.5. The average Bonchev–Trinajstić information content (AvgIpc) is 3.80. The Hall–Kier alpha value is -5.67. The van der Waals surface area contributed by atoms with Crippen molar-refractivity contribution >= 4 is 44.6 Å². The Morgan fingerprint density at radius 3 is 1.36 bits per heavy atom. The van der Waals surface area contributed by atoms with Gasteiger partial charge in [0.05, 0.1) is 22.2 Å². The van der Waals surface area contributed by atoms with Gasteiger partial charge in [-0.2, -0.15) is 0 Å². The van der Waals surface area contributed by atoms with E-state index in [2.05, 4.69) is 197 Å². The van der Waals surface area contributed by atoms with Gasteiger partial charge in [0, 0.05) is 26.3 Å². The Bertz CT molecular complexity index is 2800. The maximum atomic E-state index is 7.57. The molecule has 53 heavy (non-hydrogen) atoms. The summed E-state index contributed by atoms with van der Waals surface area (Å²) >= 11 is 11.7. The molecule has 1 heterocycles. The van der Waals surface area contributed by atoms with Crippen molar-refractivity contribution in [2.75, 3.05) is 4.90 Å². The van der Waals surface area contributed by atoms with Crippen LogP contribution in [0.25, 0.3) is 33.4 Å². The number of halogens is 2. The van der Waals surface area contributed by atoms with Gasteiger partial charge in [0.15, 0.2) is 0 Å². The van der Waals surface area contributed by atoms with Crippen LogP contribution in [0.2, 0.25) is 5.02 Å². The van der Waals surface area contributed by atoms with Crippen LogP contribution in [-0.2, 0) is 10.8 Å². The van der Waals surface area contributed by atoms with Crippen molar-refractivity contribution < 1.29 is 0 Å². The molecule has 248 valence electrons. The quantitative estimate of drug-likeness (QED) is 0.161. The van der Waals surface area contributed by atoms with Crippen molar-refractivity contribution in [1.82, 2.24) is 0 Å². The average molecular weight is 759 g/mol. The molecule has 0 saturated heterocycles. The van der Waals surface area contributed by atoms with Crippen molar-refractivity contribution in [3.8, 4) is 33.4 Å². The molecular weight excluding hydrogens is 730 g/mol. The van der Waals surface area contributed by atoms with Gasteiger partial charge in [-0.3, -0.25) is 0 Å². The van der Waals surface area contributed by atoms with Crippen LogP contribution in [0.4, 0.5) is 17.1 Å². The first kappa shape index (κ1) is 29.9. The Kier molecular flexibility index (Phi) is 5.90. The lowest BCUT2D eigenvalue weighted by Gasteiger charge is -2.46. The van der Waals surface area contributed by atoms with Crippen LogP contribution in [0.5, 0.6) is 0 Å². The van der Waals surface area contributed by atoms with Crippen LogP contribution in [0.3, 0.4) is 0 Å². The van der Waals surface area contributed by atoms with Crippen molar-refractivity contribution in [1.29, 1.82) is 0 Å². The van der Waals surface area contributed by atoms with Crippen LogP contribution < -0.4 is 4.90 Å². The summed E-state index contributed by atoms with van der Waals surface area (Å²) in [5, 5.41) is 0.767. The van der Waals surface area contributed by atoms with Gasteiger partial charge < -0.3 is 4.90 Å². The van der Waals surface area contributed by atoms with Gasteiger partial charge >= 0.3 is 0 Å². The summed E-state index contributed by atoms with van der Waals surface area (Å²) in [7, 11) is 0. The Morgan fingerprint density at radius 1 is 0.358 bits per heavy atom. The van der Waals surface area contributed by atoms with E-state index in [1.807, 2.05) is 0 Å². The molecule has 0 amide bonds. The lowest BCUT2D eigenvalue weighted by molar-refractivity contribution is 0.747. The van der Waals surface area contributed by atoms with E-state index in [1.54, 1.807) is 0 Å². The summed E-state index contributed by atoms with van der Waals surface area (Å²) in [6.45, 7) is 0. The van der Waals surface area contributed by atoms with Gasteiger partial charge in [0.2, 0.25) is 0 Å². The fraction of sp³-hybridized carbons (Fsp3) is 0.0400. The minimum Gasteiger partial charge on any atom is -0.308 e. The van der Waals surface area contributed by atoms with Gasteiger partial charge in [0.1, 0.15) is 0 Å². The minimum atomic E-state index is -0.579. The highest BCUT2D eigenvalue weighted by atomic mass is 79.9. The molecular formula is C50H29BrClN. The monoisotopic (exact) mass is 757 g/mol. The van der Waals surface area contributed by atoms with Crippen LogP contribution >= 0.6 is 27.5 Å². The van der Waals surface area contributed by atoms with E-state index in [4.69, 9.17) is 11.6 Å². The number of hydrogen-bond acceptors (Lipinski definition) is 1. The number of benzene rings is 8. The first-order chi connectivity index (χ1) is 26.2. The van der Waals surface area contributed by atoms with Gasteiger partial charge in [-0.05, 0) is 107 Å². The third-order valence-electron chi connectivity index (χ3n) is 12.4. The molecule has 0 unspecified atom stereocenters. The van der Waals surface area contributed by atoms with Crippen molar-refractivity contribution in [3.63, 3.8) is 0 Å². The predicted octanol–water partition coefficient (Wildman–Crippen LogP) is 13.6. The predicted molar refractivity (Wildman–Crippen MR) is 221 cm³/mol. The van der Waals surface area contributed by atoms with E-state index in [9.17, 15) is 0 Å². The second kappa shape index (κ2) is 10.5. The van der Waals surface area contributed by atoms with Crippen molar-refractivity contribution in [3.05, 3.63) is 230 Å². The summed E-state index contributed by atoms with van der Waals surface area (Å²) in [6.07, 6.45) is 0. The zero-order valence-corrected chi connectivity index (χ0v) is 30.8. The van der Waals surface area contributed by atoms with Crippen LogP contribution in [0, 0.1) is 0 Å².